The number of hydrogen-bond donors (Lipinski definition) is 1. The molecule has 0 atom stereocenters. The molecule has 5 nitrogen and oxygen atoms in total. The van der Waals surface area contributed by atoms with E-state index in [1.165, 1.54) is 12.1 Å². The molecule has 168 valence electrons. The highest BCUT2D eigenvalue weighted by molar-refractivity contribution is 6.32. The van der Waals surface area contributed by atoms with Gasteiger partial charge in [-0.25, -0.2) is 0 Å². The van der Waals surface area contributed by atoms with Gasteiger partial charge in [0.25, 0.3) is 5.91 Å². The van der Waals surface area contributed by atoms with Crippen LogP contribution < -0.4 is 10.1 Å². The van der Waals surface area contributed by atoms with Crippen molar-refractivity contribution in [1.29, 1.82) is 0 Å². The fourth-order valence-corrected chi connectivity index (χ4v) is 3.33. The molecule has 0 aliphatic heterocycles. The molecule has 1 heterocycles. The third kappa shape index (κ3) is 5.35. The van der Waals surface area contributed by atoms with E-state index in [-0.39, 0.29) is 16.6 Å². The van der Waals surface area contributed by atoms with Crippen molar-refractivity contribution in [2.75, 3.05) is 11.9 Å². The van der Waals surface area contributed by atoms with Crippen molar-refractivity contribution in [3.05, 3.63) is 95.6 Å². The van der Waals surface area contributed by atoms with Crippen LogP contribution in [0.15, 0.2) is 84.9 Å². The number of rotatable bonds is 6. The predicted molar refractivity (Wildman–Crippen MR) is 120 cm³/mol. The molecule has 0 saturated heterocycles. The Labute approximate surface area is 192 Å². The Balaban J connectivity index is 1.47. The van der Waals surface area contributed by atoms with Crippen LogP contribution in [0.1, 0.15) is 5.69 Å². The molecule has 3 aromatic carbocycles. The van der Waals surface area contributed by atoms with Gasteiger partial charge in [-0.3, -0.25) is 4.79 Å². The minimum Gasteiger partial charge on any atom is -0.467 e. The number of aromatic nitrogens is 2. The number of carbonyl (C=O) groups excluding carboxylic acids is 1. The quantitative estimate of drug-likeness (QED) is 0.363. The van der Waals surface area contributed by atoms with Gasteiger partial charge in [0.05, 0.1) is 10.7 Å². The van der Waals surface area contributed by atoms with Crippen LogP contribution in [0.25, 0.3) is 16.8 Å². The summed E-state index contributed by atoms with van der Waals surface area (Å²) in [5.74, 6) is -0.798. The number of benzene rings is 3. The molecule has 0 radical (unpaired) electrons. The summed E-state index contributed by atoms with van der Waals surface area (Å²) >= 11 is 6.10. The molecule has 33 heavy (non-hydrogen) atoms. The van der Waals surface area contributed by atoms with Crippen LogP contribution in [0.4, 0.5) is 18.9 Å². The van der Waals surface area contributed by atoms with Crippen molar-refractivity contribution in [2.24, 2.45) is 0 Å². The van der Waals surface area contributed by atoms with Gasteiger partial charge in [-0.1, -0.05) is 66.2 Å². The zero-order chi connectivity index (χ0) is 23.4. The van der Waals surface area contributed by atoms with E-state index in [4.69, 9.17) is 16.3 Å². The third-order valence-electron chi connectivity index (χ3n) is 4.67. The molecule has 1 aromatic heterocycles. The number of hydrogen-bond acceptors (Lipinski definition) is 3. The predicted octanol–water partition coefficient (Wildman–Crippen LogP) is 6.23. The first-order valence-electron chi connectivity index (χ1n) is 9.81. The van der Waals surface area contributed by atoms with Gasteiger partial charge in [0, 0.05) is 11.8 Å². The van der Waals surface area contributed by atoms with Crippen LogP contribution in [0.5, 0.6) is 5.88 Å². The fourth-order valence-electron chi connectivity index (χ4n) is 3.11. The summed E-state index contributed by atoms with van der Waals surface area (Å²) in [5, 5.41) is 6.40. The lowest BCUT2D eigenvalue weighted by molar-refractivity contribution is -0.141. The Hall–Kier alpha value is -3.78. The average molecular weight is 472 g/mol. The summed E-state index contributed by atoms with van der Waals surface area (Å²) in [5.41, 5.74) is 1.58. The maximum Gasteiger partial charge on any atom is 0.435 e. The number of amides is 1. The number of carbonyl (C=O) groups is 1. The molecular weight excluding hydrogens is 455 g/mol. The lowest BCUT2D eigenvalue weighted by atomic mass is 10.1. The lowest BCUT2D eigenvalue weighted by Crippen LogP contribution is -2.21. The Morgan fingerprint density at radius 3 is 2.24 bits per heavy atom. The van der Waals surface area contributed by atoms with E-state index in [1.807, 2.05) is 42.5 Å². The fraction of sp³-hybridized carbons (Fsp3) is 0.0833. The molecule has 4 aromatic rings. The number of anilines is 1. The SMILES string of the molecule is O=C(COc1cc(C(F)(F)F)nn1-c1ccccc1Cl)Nc1ccc(-c2ccccc2)cc1. The van der Waals surface area contributed by atoms with Crippen molar-refractivity contribution < 1.29 is 22.7 Å². The van der Waals surface area contributed by atoms with Crippen molar-refractivity contribution >= 4 is 23.2 Å². The van der Waals surface area contributed by atoms with Crippen LogP contribution in [0.2, 0.25) is 5.02 Å². The van der Waals surface area contributed by atoms with Gasteiger partial charge in [-0.15, -0.1) is 0 Å². The zero-order valence-electron chi connectivity index (χ0n) is 17.0. The first-order valence-corrected chi connectivity index (χ1v) is 10.2. The van der Waals surface area contributed by atoms with Gasteiger partial charge in [0.1, 0.15) is 0 Å². The molecule has 0 spiro atoms. The highest BCUT2D eigenvalue weighted by Gasteiger charge is 2.36. The second-order valence-corrected chi connectivity index (χ2v) is 7.42. The molecule has 1 N–H and O–H groups in total. The van der Waals surface area contributed by atoms with Gasteiger partial charge in [0.15, 0.2) is 12.3 Å². The van der Waals surface area contributed by atoms with Gasteiger partial charge < -0.3 is 10.1 Å². The summed E-state index contributed by atoms with van der Waals surface area (Å²) in [4.78, 5) is 12.3. The molecule has 4 rings (SSSR count). The second kappa shape index (κ2) is 9.38. The molecule has 0 aliphatic carbocycles. The van der Waals surface area contributed by atoms with Crippen molar-refractivity contribution in [3.8, 4) is 22.7 Å². The Bertz CT molecular complexity index is 1260. The van der Waals surface area contributed by atoms with E-state index in [1.54, 1.807) is 24.3 Å². The topological polar surface area (TPSA) is 56.1 Å². The Morgan fingerprint density at radius 2 is 1.58 bits per heavy atom. The number of nitrogens with zero attached hydrogens (tertiary/aromatic N) is 2. The number of para-hydroxylation sites is 1. The molecule has 0 bridgehead atoms. The van der Waals surface area contributed by atoms with Crippen LogP contribution in [-0.2, 0) is 11.0 Å². The number of halogens is 4. The van der Waals surface area contributed by atoms with Crippen LogP contribution in [0.3, 0.4) is 0 Å². The average Bonchev–Trinajstić information content (AvgIpc) is 3.24. The van der Waals surface area contributed by atoms with Gasteiger partial charge in [-0.2, -0.15) is 23.0 Å². The van der Waals surface area contributed by atoms with Gasteiger partial charge >= 0.3 is 6.18 Å². The highest BCUT2D eigenvalue weighted by Crippen LogP contribution is 2.33. The summed E-state index contributed by atoms with van der Waals surface area (Å²) in [7, 11) is 0. The molecule has 0 saturated carbocycles. The van der Waals surface area contributed by atoms with Crippen molar-refractivity contribution in [2.45, 2.75) is 6.18 Å². The van der Waals surface area contributed by atoms with E-state index in [2.05, 4.69) is 10.4 Å². The molecule has 0 fully saturated rings. The Kier molecular flexibility index (Phi) is 6.37. The molecule has 1 amide bonds. The summed E-state index contributed by atoms with van der Waals surface area (Å²) in [6.07, 6.45) is -4.69. The van der Waals surface area contributed by atoms with Crippen molar-refractivity contribution in [3.63, 3.8) is 0 Å². The zero-order valence-corrected chi connectivity index (χ0v) is 17.8. The van der Waals surface area contributed by atoms with Crippen LogP contribution in [-0.4, -0.2) is 22.3 Å². The first kappa shape index (κ1) is 22.4. The van der Waals surface area contributed by atoms with E-state index in [9.17, 15) is 18.0 Å². The normalized spacial score (nSPS) is 11.3. The monoisotopic (exact) mass is 471 g/mol. The van der Waals surface area contributed by atoms with Crippen LogP contribution in [0, 0.1) is 0 Å². The van der Waals surface area contributed by atoms with Crippen LogP contribution >= 0.6 is 11.6 Å². The van der Waals surface area contributed by atoms with Gasteiger partial charge in [-0.05, 0) is 35.4 Å². The molecule has 9 heteroatoms. The minimum absolute atomic E-state index is 0.183. The minimum atomic E-state index is -4.69. The van der Waals surface area contributed by atoms with E-state index >= 15 is 0 Å². The number of alkyl halides is 3. The molecular formula is C24H17ClF3N3O2. The van der Waals surface area contributed by atoms with E-state index in [0.717, 1.165) is 21.9 Å². The number of ether oxygens (including phenoxy) is 1. The summed E-state index contributed by atoms with van der Waals surface area (Å²) in [6.45, 7) is -0.520. The largest absolute Gasteiger partial charge is 0.467 e. The summed E-state index contributed by atoms with van der Waals surface area (Å²) < 4.78 is 45.9. The Morgan fingerprint density at radius 1 is 0.939 bits per heavy atom. The first-order chi connectivity index (χ1) is 15.8. The maximum absolute atomic E-state index is 13.2. The standard InChI is InChI=1S/C24H17ClF3N3O2/c25-19-8-4-5-9-20(19)31-23(14-21(30-31)24(26,27)28)33-15-22(32)29-18-12-10-17(11-13-18)16-6-2-1-3-7-16/h1-14H,15H2,(H,29,32). The smallest absolute Gasteiger partial charge is 0.435 e. The molecule has 0 aliphatic rings. The van der Waals surface area contributed by atoms with Crippen molar-refractivity contribution in [1.82, 2.24) is 9.78 Å². The van der Waals surface area contributed by atoms with Gasteiger partial charge in [0.2, 0.25) is 5.88 Å². The summed E-state index contributed by atoms with van der Waals surface area (Å²) in [6, 6.07) is 23.9. The highest BCUT2D eigenvalue weighted by atomic mass is 35.5. The molecule has 0 unspecified atom stereocenters. The second-order valence-electron chi connectivity index (χ2n) is 7.01. The maximum atomic E-state index is 13.2. The lowest BCUT2D eigenvalue weighted by Gasteiger charge is -2.11. The third-order valence-corrected chi connectivity index (χ3v) is 4.99. The number of nitrogens with one attached hydrogen (secondary N) is 1. The van der Waals surface area contributed by atoms with E-state index in [0.29, 0.717) is 5.69 Å². The van der Waals surface area contributed by atoms with E-state index < -0.39 is 24.4 Å².